The first-order valence-electron chi connectivity index (χ1n) is 9.42. The van der Waals surface area contributed by atoms with E-state index in [1.54, 1.807) is 0 Å². The number of piperidine rings is 1. The molecule has 0 aromatic heterocycles. The van der Waals surface area contributed by atoms with Gasteiger partial charge >= 0.3 is 0 Å². The Morgan fingerprint density at radius 1 is 1.14 bits per heavy atom. The molecule has 22 heavy (non-hydrogen) atoms. The fourth-order valence-electron chi connectivity index (χ4n) is 4.72. The van der Waals surface area contributed by atoms with Gasteiger partial charge in [-0.15, -0.1) is 0 Å². The van der Waals surface area contributed by atoms with E-state index >= 15 is 0 Å². The molecular formula is C18H36N4. The van der Waals surface area contributed by atoms with Gasteiger partial charge < -0.3 is 10.2 Å². The van der Waals surface area contributed by atoms with Gasteiger partial charge in [0.15, 0.2) is 0 Å². The Balaban J connectivity index is 1.51. The fourth-order valence-corrected chi connectivity index (χ4v) is 4.72. The van der Waals surface area contributed by atoms with Crippen LogP contribution in [0.3, 0.4) is 0 Å². The van der Waals surface area contributed by atoms with Crippen LogP contribution in [0.25, 0.3) is 0 Å². The number of rotatable bonds is 4. The van der Waals surface area contributed by atoms with Gasteiger partial charge in [-0.25, -0.2) is 0 Å². The highest BCUT2D eigenvalue weighted by atomic mass is 15.4. The highest BCUT2D eigenvalue weighted by molar-refractivity contribution is 5.03. The van der Waals surface area contributed by atoms with Gasteiger partial charge in [0.25, 0.3) is 0 Å². The summed E-state index contributed by atoms with van der Waals surface area (Å²) in [7, 11) is 0. The van der Waals surface area contributed by atoms with Crippen molar-refractivity contribution in [3.63, 3.8) is 0 Å². The molecule has 2 N–H and O–H groups in total. The molecule has 0 aliphatic carbocycles. The van der Waals surface area contributed by atoms with Gasteiger partial charge in [-0.05, 0) is 79.4 Å². The zero-order valence-corrected chi connectivity index (χ0v) is 15.1. The summed E-state index contributed by atoms with van der Waals surface area (Å²) in [5, 5.41) is 7.75. The van der Waals surface area contributed by atoms with Crippen molar-refractivity contribution in [1.29, 1.82) is 0 Å². The topological polar surface area (TPSA) is 30.5 Å². The summed E-state index contributed by atoms with van der Waals surface area (Å²) in [5.74, 6) is 0. The van der Waals surface area contributed by atoms with Gasteiger partial charge in [0.05, 0.1) is 5.66 Å². The monoisotopic (exact) mass is 308 g/mol. The molecule has 4 heteroatoms. The minimum Gasteiger partial charge on any atom is -0.310 e. The second kappa shape index (κ2) is 6.39. The Bertz CT molecular complexity index is 365. The molecule has 4 nitrogen and oxygen atoms in total. The molecule has 1 unspecified atom stereocenters. The molecule has 0 amide bonds. The van der Waals surface area contributed by atoms with Crippen LogP contribution in [0, 0.1) is 0 Å². The van der Waals surface area contributed by atoms with Crippen LogP contribution in [0.2, 0.25) is 0 Å². The predicted molar refractivity (Wildman–Crippen MR) is 93.1 cm³/mol. The van der Waals surface area contributed by atoms with Crippen molar-refractivity contribution in [3.8, 4) is 0 Å². The lowest BCUT2D eigenvalue weighted by Gasteiger charge is -2.43. The minimum atomic E-state index is 0.123. The summed E-state index contributed by atoms with van der Waals surface area (Å²) in [6.07, 6.45) is 6.63. The van der Waals surface area contributed by atoms with E-state index in [9.17, 15) is 0 Å². The normalized spacial score (nSPS) is 32.6. The molecule has 3 aliphatic heterocycles. The lowest BCUT2D eigenvalue weighted by molar-refractivity contribution is 0.0701. The van der Waals surface area contributed by atoms with E-state index in [-0.39, 0.29) is 5.66 Å². The molecule has 3 rings (SSSR count). The molecule has 3 saturated heterocycles. The summed E-state index contributed by atoms with van der Waals surface area (Å²) in [5.41, 5.74) is 0.554. The molecule has 0 saturated carbocycles. The molecule has 0 radical (unpaired) electrons. The minimum absolute atomic E-state index is 0.123. The Hall–Kier alpha value is -0.160. The Kier molecular flexibility index (Phi) is 4.84. The van der Waals surface area contributed by atoms with E-state index in [1.165, 1.54) is 64.8 Å². The third kappa shape index (κ3) is 3.50. The number of hydrogen-bond acceptors (Lipinski definition) is 4. The SMILES string of the molecule is CC(C)N1CCC(NC(C)(C)N2CCC3(CCCN3)C2)CC1. The third-order valence-electron chi connectivity index (χ3n) is 6.29. The number of nitrogens with zero attached hydrogens (tertiary/aromatic N) is 2. The average molecular weight is 309 g/mol. The molecule has 0 aromatic rings. The Labute approximate surface area is 137 Å². The second-order valence-corrected chi connectivity index (χ2v) is 8.59. The van der Waals surface area contributed by atoms with Gasteiger partial charge in [0.1, 0.15) is 0 Å². The molecule has 1 spiro atoms. The Morgan fingerprint density at radius 2 is 1.86 bits per heavy atom. The molecule has 128 valence electrons. The van der Waals surface area contributed by atoms with Crippen LogP contribution in [0.15, 0.2) is 0 Å². The van der Waals surface area contributed by atoms with Gasteiger partial charge in [0.2, 0.25) is 0 Å². The van der Waals surface area contributed by atoms with Crippen molar-refractivity contribution >= 4 is 0 Å². The average Bonchev–Trinajstić information content (AvgIpc) is 3.10. The maximum atomic E-state index is 3.97. The molecule has 1 atom stereocenters. The smallest absolute Gasteiger partial charge is 0.0657 e. The van der Waals surface area contributed by atoms with E-state index in [4.69, 9.17) is 0 Å². The van der Waals surface area contributed by atoms with Crippen molar-refractivity contribution in [1.82, 2.24) is 20.4 Å². The standard InChI is InChI=1S/C18H36N4/c1-15(2)21-11-6-16(7-12-21)20-17(3,4)22-13-9-18(14-22)8-5-10-19-18/h15-16,19-20H,5-14H2,1-4H3. The molecule has 3 aliphatic rings. The summed E-state index contributed by atoms with van der Waals surface area (Å²) >= 11 is 0. The maximum absolute atomic E-state index is 3.97. The van der Waals surface area contributed by atoms with Crippen LogP contribution in [0.5, 0.6) is 0 Å². The zero-order chi connectivity index (χ0) is 15.8. The van der Waals surface area contributed by atoms with E-state index < -0.39 is 0 Å². The van der Waals surface area contributed by atoms with Crippen molar-refractivity contribution in [3.05, 3.63) is 0 Å². The number of hydrogen-bond donors (Lipinski definition) is 2. The van der Waals surface area contributed by atoms with E-state index in [1.807, 2.05) is 0 Å². The molecule has 0 bridgehead atoms. The lowest BCUT2D eigenvalue weighted by atomic mass is 9.97. The molecule has 3 fully saturated rings. The van der Waals surface area contributed by atoms with E-state index in [2.05, 4.69) is 48.1 Å². The quantitative estimate of drug-likeness (QED) is 0.832. The van der Waals surface area contributed by atoms with Crippen molar-refractivity contribution in [2.75, 3.05) is 32.7 Å². The van der Waals surface area contributed by atoms with Crippen LogP contribution < -0.4 is 10.6 Å². The summed E-state index contributed by atoms with van der Waals surface area (Å²) in [6.45, 7) is 15.6. The number of likely N-dealkylation sites (tertiary alicyclic amines) is 2. The molecular weight excluding hydrogens is 272 g/mol. The Morgan fingerprint density at radius 3 is 2.45 bits per heavy atom. The summed E-state index contributed by atoms with van der Waals surface area (Å²) in [6, 6.07) is 1.37. The maximum Gasteiger partial charge on any atom is 0.0657 e. The van der Waals surface area contributed by atoms with Gasteiger partial charge in [-0.3, -0.25) is 10.2 Å². The van der Waals surface area contributed by atoms with E-state index in [0.717, 1.165) is 0 Å². The highest BCUT2D eigenvalue weighted by Crippen LogP contribution is 2.33. The van der Waals surface area contributed by atoms with E-state index in [0.29, 0.717) is 17.6 Å². The predicted octanol–water partition coefficient (Wildman–Crippen LogP) is 2.01. The van der Waals surface area contributed by atoms with Gasteiger partial charge in [0, 0.05) is 30.7 Å². The first kappa shape index (κ1) is 16.7. The van der Waals surface area contributed by atoms with Crippen molar-refractivity contribution in [2.45, 2.75) is 83.1 Å². The van der Waals surface area contributed by atoms with Crippen LogP contribution >= 0.6 is 0 Å². The summed E-state index contributed by atoms with van der Waals surface area (Å²) < 4.78 is 0. The zero-order valence-electron chi connectivity index (χ0n) is 15.1. The highest BCUT2D eigenvalue weighted by Gasteiger charge is 2.44. The van der Waals surface area contributed by atoms with Gasteiger partial charge in [-0.1, -0.05) is 0 Å². The van der Waals surface area contributed by atoms with Crippen LogP contribution in [0.4, 0.5) is 0 Å². The number of nitrogens with one attached hydrogen (secondary N) is 2. The van der Waals surface area contributed by atoms with Gasteiger partial charge in [-0.2, -0.15) is 0 Å². The second-order valence-electron chi connectivity index (χ2n) is 8.59. The first-order valence-corrected chi connectivity index (χ1v) is 9.42. The van der Waals surface area contributed by atoms with Crippen LogP contribution in [-0.4, -0.2) is 65.8 Å². The lowest BCUT2D eigenvalue weighted by Crippen LogP contribution is -2.60. The third-order valence-corrected chi connectivity index (χ3v) is 6.29. The molecule has 3 heterocycles. The van der Waals surface area contributed by atoms with Crippen molar-refractivity contribution in [2.24, 2.45) is 0 Å². The first-order chi connectivity index (χ1) is 10.4. The fraction of sp³-hybridized carbons (Fsp3) is 1.00. The largest absolute Gasteiger partial charge is 0.310 e. The van der Waals surface area contributed by atoms with Crippen molar-refractivity contribution < 1.29 is 0 Å². The summed E-state index contributed by atoms with van der Waals surface area (Å²) in [4.78, 5) is 5.29. The van der Waals surface area contributed by atoms with Crippen LogP contribution in [0.1, 0.15) is 59.8 Å². The molecule has 0 aromatic carbocycles. The van der Waals surface area contributed by atoms with Crippen LogP contribution in [-0.2, 0) is 0 Å².